The SMILES string of the molecule is CCC(N)C(c1ccco1)N(CC)C(C)CC. The molecule has 98 valence electrons. The Hall–Kier alpha value is -0.800. The molecule has 1 aromatic heterocycles. The van der Waals surface area contributed by atoms with Crippen LogP contribution in [0.2, 0.25) is 0 Å². The summed E-state index contributed by atoms with van der Waals surface area (Å²) in [4.78, 5) is 2.44. The minimum absolute atomic E-state index is 0.120. The fraction of sp³-hybridized carbons (Fsp3) is 0.714. The lowest BCUT2D eigenvalue weighted by atomic mass is 9.99. The van der Waals surface area contributed by atoms with Crippen molar-refractivity contribution in [3.8, 4) is 0 Å². The van der Waals surface area contributed by atoms with Crippen LogP contribution in [0.5, 0.6) is 0 Å². The van der Waals surface area contributed by atoms with Gasteiger partial charge in [-0.25, -0.2) is 0 Å². The second kappa shape index (κ2) is 6.82. The first-order valence-corrected chi connectivity index (χ1v) is 6.70. The van der Waals surface area contributed by atoms with E-state index in [1.54, 1.807) is 6.26 Å². The molecule has 0 aliphatic carbocycles. The Morgan fingerprint density at radius 1 is 1.29 bits per heavy atom. The average molecular weight is 238 g/mol. The van der Waals surface area contributed by atoms with E-state index in [4.69, 9.17) is 10.2 Å². The summed E-state index contributed by atoms with van der Waals surface area (Å²) in [5.74, 6) is 0.988. The molecule has 0 spiro atoms. The molecule has 1 rings (SSSR count). The zero-order valence-corrected chi connectivity index (χ0v) is 11.5. The van der Waals surface area contributed by atoms with Crippen LogP contribution in [0.15, 0.2) is 22.8 Å². The highest BCUT2D eigenvalue weighted by Crippen LogP contribution is 2.28. The summed E-state index contributed by atoms with van der Waals surface area (Å²) in [6, 6.07) is 4.80. The van der Waals surface area contributed by atoms with Crippen LogP contribution < -0.4 is 5.73 Å². The van der Waals surface area contributed by atoms with Crippen LogP contribution in [0.1, 0.15) is 52.3 Å². The van der Waals surface area contributed by atoms with Gasteiger partial charge in [0.15, 0.2) is 0 Å². The van der Waals surface area contributed by atoms with E-state index in [9.17, 15) is 0 Å². The van der Waals surface area contributed by atoms with Crippen molar-refractivity contribution in [3.05, 3.63) is 24.2 Å². The predicted octanol–water partition coefficient (Wildman–Crippen LogP) is 3.18. The molecule has 3 nitrogen and oxygen atoms in total. The smallest absolute Gasteiger partial charge is 0.122 e. The molecule has 17 heavy (non-hydrogen) atoms. The third-order valence-electron chi connectivity index (χ3n) is 3.59. The highest BCUT2D eigenvalue weighted by Gasteiger charge is 2.29. The molecule has 3 unspecified atom stereocenters. The number of hydrogen-bond acceptors (Lipinski definition) is 3. The van der Waals surface area contributed by atoms with Crippen molar-refractivity contribution in [1.82, 2.24) is 4.90 Å². The van der Waals surface area contributed by atoms with Crippen molar-refractivity contribution in [2.24, 2.45) is 5.73 Å². The molecule has 0 radical (unpaired) electrons. The van der Waals surface area contributed by atoms with E-state index in [-0.39, 0.29) is 12.1 Å². The predicted molar refractivity (Wildman–Crippen MR) is 71.8 cm³/mol. The maximum atomic E-state index is 6.28. The van der Waals surface area contributed by atoms with Gasteiger partial charge in [-0.2, -0.15) is 0 Å². The van der Waals surface area contributed by atoms with E-state index in [1.807, 2.05) is 12.1 Å². The van der Waals surface area contributed by atoms with Crippen LogP contribution in [0.4, 0.5) is 0 Å². The van der Waals surface area contributed by atoms with Crippen LogP contribution in [-0.4, -0.2) is 23.5 Å². The first-order chi connectivity index (χ1) is 8.15. The third-order valence-corrected chi connectivity index (χ3v) is 3.59. The van der Waals surface area contributed by atoms with Crippen molar-refractivity contribution in [2.45, 2.75) is 58.7 Å². The molecular weight excluding hydrogens is 212 g/mol. The fourth-order valence-corrected chi connectivity index (χ4v) is 2.32. The topological polar surface area (TPSA) is 42.4 Å². The highest BCUT2D eigenvalue weighted by atomic mass is 16.3. The molecule has 0 aliphatic rings. The maximum Gasteiger partial charge on any atom is 0.122 e. The van der Waals surface area contributed by atoms with Crippen molar-refractivity contribution in [3.63, 3.8) is 0 Å². The Morgan fingerprint density at radius 3 is 2.41 bits per heavy atom. The van der Waals surface area contributed by atoms with Gasteiger partial charge in [0, 0.05) is 12.1 Å². The Labute approximate surface area is 105 Å². The van der Waals surface area contributed by atoms with Gasteiger partial charge in [-0.05, 0) is 38.4 Å². The second-order valence-electron chi connectivity index (χ2n) is 4.62. The first kappa shape index (κ1) is 14.3. The molecule has 0 amide bonds. The molecule has 0 aliphatic heterocycles. The average Bonchev–Trinajstić information content (AvgIpc) is 2.87. The summed E-state index contributed by atoms with van der Waals surface area (Å²) < 4.78 is 5.57. The summed E-state index contributed by atoms with van der Waals surface area (Å²) in [7, 11) is 0. The van der Waals surface area contributed by atoms with E-state index < -0.39 is 0 Å². The van der Waals surface area contributed by atoms with E-state index in [1.165, 1.54) is 0 Å². The maximum absolute atomic E-state index is 6.28. The summed E-state index contributed by atoms with van der Waals surface area (Å²) in [6.45, 7) is 9.77. The molecule has 2 N–H and O–H groups in total. The number of nitrogens with zero attached hydrogens (tertiary/aromatic N) is 1. The van der Waals surface area contributed by atoms with Gasteiger partial charge in [0.05, 0.1) is 12.3 Å². The Morgan fingerprint density at radius 2 is 2.00 bits per heavy atom. The first-order valence-electron chi connectivity index (χ1n) is 6.70. The molecule has 3 atom stereocenters. The second-order valence-corrected chi connectivity index (χ2v) is 4.62. The highest BCUT2D eigenvalue weighted by molar-refractivity contribution is 5.08. The Balaban J connectivity index is 2.96. The van der Waals surface area contributed by atoms with Crippen molar-refractivity contribution in [2.75, 3.05) is 6.54 Å². The van der Waals surface area contributed by atoms with Gasteiger partial charge in [-0.15, -0.1) is 0 Å². The molecule has 1 heterocycles. The molecule has 0 saturated carbocycles. The molecular formula is C14H26N2O. The van der Waals surface area contributed by atoms with Crippen molar-refractivity contribution >= 4 is 0 Å². The lowest BCUT2D eigenvalue weighted by Crippen LogP contribution is -2.44. The largest absolute Gasteiger partial charge is 0.468 e. The van der Waals surface area contributed by atoms with Gasteiger partial charge in [0.2, 0.25) is 0 Å². The number of likely N-dealkylation sites (N-methyl/N-ethyl adjacent to an activating group) is 1. The van der Waals surface area contributed by atoms with Gasteiger partial charge in [-0.3, -0.25) is 4.90 Å². The Bertz CT molecular complexity index is 297. The molecule has 0 saturated heterocycles. The van der Waals surface area contributed by atoms with Crippen molar-refractivity contribution < 1.29 is 4.42 Å². The van der Waals surface area contributed by atoms with Crippen LogP contribution in [0, 0.1) is 0 Å². The van der Waals surface area contributed by atoms with Crippen LogP contribution in [0.25, 0.3) is 0 Å². The standard InChI is InChI=1S/C14H26N2O/c1-5-11(4)16(7-3)14(12(15)6-2)13-9-8-10-17-13/h8-12,14H,5-7,15H2,1-4H3. The minimum atomic E-state index is 0.120. The zero-order valence-electron chi connectivity index (χ0n) is 11.5. The quantitative estimate of drug-likeness (QED) is 0.793. The summed E-state index contributed by atoms with van der Waals surface area (Å²) >= 11 is 0. The van der Waals surface area contributed by atoms with E-state index in [2.05, 4.69) is 32.6 Å². The molecule has 0 bridgehead atoms. The van der Waals surface area contributed by atoms with Crippen LogP contribution in [-0.2, 0) is 0 Å². The lowest BCUT2D eigenvalue weighted by Gasteiger charge is -2.37. The zero-order chi connectivity index (χ0) is 12.8. The summed E-state index contributed by atoms with van der Waals surface area (Å²) in [5.41, 5.74) is 6.28. The number of furan rings is 1. The monoisotopic (exact) mass is 238 g/mol. The molecule has 0 fully saturated rings. The summed E-state index contributed by atoms with van der Waals surface area (Å²) in [6.07, 6.45) is 3.81. The minimum Gasteiger partial charge on any atom is -0.468 e. The molecule has 0 aromatic carbocycles. The number of hydrogen-bond donors (Lipinski definition) is 1. The van der Waals surface area contributed by atoms with E-state index >= 15 is 0 Å². The summed E-state index contributed by atoms with van der Waals surface area (Å²) in [5, 5.41) is 0. The van der Waals surface area contributed by atoms with Gasteiger partial charge < -0.3 is 10.2 Å². The van der Waals surface area contributed by atoms with Gasteiger partial charge in [0.25, 0.3) is 0 Å². The fourth-order valence-electron chi connectivity index (χ4n) is 2.32. The molecule has 1 aromatic rings. The lowest BCUT2D eigenvalue weighted by molar-refractivity contribution is 0.109. The molecule has 3 heteroatoms. The van der Waals surface area contributed by atoms with Gasteiger partial charge in [0.1, 0.15) is 5.76 Å². The van der Waals surface area contributed by atoms with Crippen molar-refractivity contribution in [1.29, 1.82) is 0 Å². The normalized spacial score (nSPS) is 17.1. The number of nitrogens with two attached hydrogens (primary N) is 1. The third kappa shape index (κ3) is 3.33. The number of rotatable bonds is 7. The Kier molecular flexibility index (Phi) is 5.72. The van der Waals surface area contributed by atoms with Crippen LogP contribution in [0.3, 0.4) is 0 Å². The van der Waals surface area contributed by atoms with Gasteiger partial charge >= 0.3 is 0 Å². The van der Waals surface area contributed by atoms with E-state index in [0.717, 1.165) is 25.1 Å². The van der Waals surface area contributed by atoms with E-state index in [0.29, 0.717) is 6.04 Å². The van der Waals surface area contributed by atoms with Crippen LogP contribution >= 0.6 is 0 Å². The van der Waals surface area contributed by atoms with Gasteiger partial charge in [-0.1, -0.05) is 20.8 Å².